The van der Waals surface area contributed by atoms with E-state index in [0.29, 0.717) is 23.4 Å². The Labute approximate surface area is 107 Å². The van der Waals surface area contributed by atoms with Crippen molar-refractivity contribution in [2.45, 2.75) is 31.8 Å². The largest absolute Gasteiger partial charge is 0.493 e. The first-order valence-corrected chi connectivity index (χ1v) is 6.35. The summed E-state index contributed by atoms with van der Waals surface area (Å²) in [7, 11) is 1.64. The summed E-state index contributed by atoms with van der Waals surface area (Å²) < 4.78 is 11.1. The van der Waals surface area contributed by atoms with E-state index in [1.165, 1.54) is 0 Å². The first-order chi connectivity index (χ1) is 8.24. The third-order valence-electron chi connectivity index (χ3n) is 2.77. The fourth-order valence-corrected chi connectivity index (χ4v) is 1.97. The second-order valence-corrected chi connectivity index (χ2v) is 4.73. The zero-order chi connectivity index (χ0) is 12.3. The van der Waals surface area contributed by atoms with Gasteiger partial charge in [-0.3, -0.25) is 0 Å². The molecule has 1 aromatic rings. The van der Waals surface area contributed by atoms with Crippen LogP contribution in [0.4, 0.5) is 0 Å². The number of halogens is 1. The molecule has 0 saturated heterocycles. The first-order valence-electron chi connectivity index (χ1n) is 5.97. The Morgan fingerprint density at radius 1 is 1.41 bits per heavy atom. The molecule has 1 aliphatic rings. The van der Waals surface area contributed by atoms with Crippen LogP contribution >= 0.6 is 11.6 Å². The summed E-state index contributed by atoms with van der Waals surface area (Å²) in [5, 5.41) is 0.628. The topological polar surface area (TPSA) is 44.5 Å². The molecule has 0 aromatic heterocycles. The molecule has 1 fully saturated rings. The van der Waals surface area contributed by atoms with Crippen LogP contribution in [0.25, 0.3) is 0 Å². The van der Waals surface area contributed by atoms with Crippen LogP contribution in [-0.4, -0.2) is 19.8 Å². The highest BCUT2D eigenvalue weighted by Crippen LogP contribution is 2.40. The monoisotopic (exact) mass is 255 g/mol. The van der Waals surface area contributed by atoms with Gasteiger partial charge in [0, 0.05) is 0 Å². The van der Waals surface area contributed by atoms with E-state index < -0.39 is 0 Å². The predicted molar refractivity (Wildman–Crippen MR) is 69.0 cm³/mol. The lowest BCUT2D eigenvalue weighted by atomic mass is 10.1. The maximum absolute atomic E-state index is 6.23. The number of nitrogens with two attached hydrogens (primary N) is 1. The fourth-order valence-electron chi connectivity index (χ4n) is 1.69. The summed E-state index contributed by atoms with van der Waals surface area (Å²) in [4.78, 5) is 0. The minimum absolute atomic E-state index is 0.316. The molecule has 0 bridgehead atoms. The van der Waals surface area contributed by atoms with Crippen molar-refractivity contribution in [1.29, 1.82) is 0 Å². The molecule has 2 rings (SSSR count). The Hall–Kier alpha value is -0.930. The van der Waals surface area contributed by atoms with Gasteiger partial charge < -0.3 is 15.2 Å². The van der Waals surface area contributed by atoms with E-state index >= 15 is 0 Å². The van der Waals surface area contributed by atoms with Gasteiger partial charge in [0.05, 0.1) is 18.2 Å². The van der Waals surface area contributed by atoms with Gasteiger partial charge in [-0.15, -0.1) is 0 Å². The summed E-state index contributed by atoms with van der Waals surface area (Å²) in [5.41, 5.74) is 6.64. The van der Waals surface area contributed by atoms with Crippen molar-refractivity contribution >= 4 is 11.6 Å². The molecule has 0 heterocycles. The lowest BCUT2D eigenvalue weighted by molar-refractivity contribution is 0.282. The van der Waals surface area contributed by atoms with E-state index in [1.54, 1.807) is 7.11 Å². The number of methoxy groups -OCH3 is 1. The lowest BCUT2D eigenvalue weighted by Crippen LogP contribution is -2.02. The van der Waals surface area contributed by atoms with Crippen molar-refractivity contribution in [1.82, 2.24) is 0 Å². The molecule has 2 N–H and O–H groups in total. The molecular weight excluding hydrogens is 238 g/mol. The highest BCUT2D eigenvalue weighted by molar-refractivity contribution is 6.32. The summed E-state index contributed by atoms with van der Waals surface area (Å²) in [6, 6.07) is 3.93. The molecule has 0 radical (unpaired) electrons. The van der Waals surface area contributed by atoms with E-state index in [4.69, 9.17) is 26.8 Å². The summed E-state index contributed by atoms with van der Waals surface area (Å²) >= 11 is 6.23. The minimum Gasteiger partial charge on any atom is -0.493 e. The smallest absolute Gasteiger partial charge is 0.180 e. The molecule has 17 heavy (non-hydrogen) atoms. The number of hydrogen-bond donors (Lipinski definition) is 1. The Kier molecular flexibility index (Phi) is 4.13. The highest BCUT2D eigenvalue weighted by atomic mass is 35.5. The highest BCUT2D eigenvalue weighted by Gasteiger charge is 2.26. The Morgan fingerprint density at radius 2 is 2.18 bits per heavy atom. The van der Waals surface area contributed by atoms with Gasteiger partial charge in [0.2, 0.25) is 0 Å². The van der Waals surface area contributed by atoms with E-state index in [1.807, 2.05) is 12.1 Å². The maximum atomic E-state index is 6.23. The van der Waals surface area contributed by atoms with Crippen molar-refractivity contribution in [3.05, 3.63) is 22.7 Å². The second-order valence-electron chi connectivity index (χ2n) is 4.32. The van der Waals surface area contributed by atoms with E-state index in [9.17, 15) is 0 Å². The second kappa shape index (κ2) is 5.61. The van der Waals surface area contributed by atoms with Crippen LogP contribution in [0.3, 0.4) is 0 Å². The van der Waals surface area contributed by atoms with Crippen LogP contribution in [0, 0.1) is 0 Å². The van der Waals surface area contributed by atoms with Crippen molar-refractivity contribution in [3.8, 4) is 11.5 Å². The number of aryl methyl sites for hydroxylation is 1. The van der Waals surface area contributed by atoms with Gasteiger partial charge in [-0.1, -0.05) is 11.6 Å². The molecule has 0 aliphatic heterocycles. The van der Waals surface area contributed by atoms with Gasteiger partial charge in [-0.25, -0.2) is 0 Å². The van der Waals surface area contributed by atoms with Gasteiger partial charge in [0.25, 0.3) is 0 Å². The van der Waals surface area contributed by atoms with Gasteiger partial charge in [-0.2, -0.15) is 0 Å². The molecular formula is C13H18ClNO2. The van der Waals surface area contributed by atoms with Gasteiger partial charge >= 0.3 is 0 Å². The van der Waals surface area contributed by atoms with Crippen LogP contribution in [0.1, 0.15) is 24.8 Å². The molecule has 1 saturated carbocycles. The molecule has 0 spiro atoms. The van der Waals surface area contributed by atoms with Crippen LogP contribution < -0.4 is 15.2 Å². The average Bonchev–Trinajstić information content (AvgIpc) is 3.13. The summed E-state index contributed by atoms with van der Waals surface area (Å²) in [6.45, 7) is 0.681. The standard InChI is InChI=1S/C13H18ClNO2/c1-16-12-8-9(3-2-6-15)7-11(14)13(12)17-10-4-5-10/h7-8,10H,2-6,15H2,1H3. The molecule has 0 atom stereocenters. The lowest BCUT2D eigenvalue weighted by Gasteiger charge is -2.13. The van der Waals surface area contributed by atoms with Crippen LogP contribution in [0.15, 0.2) is 12.1 Å². The molecule has 0 amide bonds. The van der Waals surface area contributed by atoms with Crippen molar-refractivity contribution < 1.29 is 9.47 Å². The SMILES string of the molecule is COc1cc(CCCN)cc(Cl)c1OC1CC1. The van der Waals surface area contributed by atoms with Crippen LogP contribution in [0.5, 0.6) is 11.5 Å². The zero-order valence-corrected chi connectivity index (χ0v) is 10.8. The molecule has 1 aliphatic carbocycles. The van der Waals surface area contributed by atoms with Crippen LogP contribution in [0.2, 0.25) is 5.02 Å². The predicted octanol–water partition coefficient (Wildman–Crippen LogP) is 2.78. The van der Waals surface area contributed by atoms with E-state index in [2.05, 4.69) is 0 Å². The number of benzene rings is 1. The Morgan fingerprint density at radius 3 is 2.76 bits per heavy atom. The number of ether oxygens (including phenoxy) is 2. The maximum Gasteiger partial charge on any atom is 0.180 e. The van der Waals surface area contributed by atoms with Crippen molar-refractivity contribution in [3.63, 3.8) is 0 Å². The third-order valence-corrected chi connectivity index (χ3v) is 3.05. The fraction of sp³-hybridized carbons (Fsp3) is 0.538. The Balaban J connectivity index is 2.19. The quantitative estimate of drug-likeness (QED) is 0.850. The average molecular weight is 256 g/mol. The first kappa shape index (κ1) is 12.5. The van der Waals surface area contributed by atoms with Crippen molar-refractivity contribution in [2.75, 3.05) is 13.7 Å². The minimum atomic E-state index is 0.316. The molecule has 1 aromatic carbocycles. The third kappa shape index (κ3) is 3.27. The number of rotatable bonds is 6. The molecule has 3 nitrogen and oxygen atoms in total. The van der Waals surface area contributed by atoms with Crippen LogP contribution in [-0.2, 0) is 6.42 Å². The summed E-state index contributed by atoms with van der Waals surface area (Å²) in [5.74, 6) is 1.39. The van der Waals surface area contributed by atoms with Gasteiger partial charge in [0.15, 0.2) is 11.5 Å². The number of hydrogen-bond acceptors (Lipinski definition) is 3. The molecule has 4 heteroatoms. The van der Waals surface area contributed by atoms with Gasteiger partial charge in [0.1, 0.15) is 0 Å². The van der Waals surface area contributed by atoms with E-state index in [0.717, 1.165) is 37.0 Å². The summed E-state index contributed by atoms with van der Waals surface area (Å²) in [6.07, 6.45) is 4.39. The van der Waals surface area contributed by atoms with Crippen molar-refractivity contribution in [2.24, 2.45) is 5.73 Å². The van der Waals surface area contributed by atoms with Gasteiger partial charge in [-0.05, 0) is 49.9 Å². The molecule has 0 unspecified atom stereocenters. The zero-order valence-electron chi connectivity index (χ0n) is 10.0. The molecule has 94 valence electrons. The normalized spacial score (nSPS) is 14.8. The van der Waals surface area contributed by atoms with E-state index in [-0.39, 0.29) is 0 Å². The Bertz CT molecular complexity index is 391.